The fraction of sp³-hybridized carbons (Fsp3) is 0. The Morgan fingerprint density at radius 1 is 0.345 bits per heavy atom. The highest BCUT2D eigenvalue weighted by atomic mass is 32.1. The predicted molar refractivity (Wildman–Crippen MR) is 235 cm³/mol. The molecule has 0 fully saturated rings. The maximum absolute atomic E-state index is 6.26. The van der Waals surface area contributed by atoms with Crippen LogP contribution in [0.1, 0.15) is 0 Å². The third kappa shape index (κ3) is 5.32. The topological polar surface area (TPSA) is 16.4 Å². The number of furan rings is 1. The number of thiophene rings is 1. The zero-order chi connectivity index (χ0) is 36.3. The number of fused-ring (bicyclic) bond motifs is 7. The molecule has 55 heavy (non-hydrogen) atoms. The first kappa shape index (κ1) is 31.6. The second kappa shape index (κ2) is 12.9. The van der Waals surface area contributed by atoms with Crippen LogP contribution < -0.4 is 4.90 Å². The van der Waals surface area contributed by atoms with E-state index in [2.05, 4.69) is 193 Å². The van der Waals surface area contributed by atoms with Crippen LogP contribution in [-0.4, -0.2) is 0 Å². The molecular formula is C52H33NOS. The van der Waals surface area contributed by atoms with Gasteiger partial charge in [-0.1, -0.05) is 146 Å². The lowest BCUT2D eigenvalue weighted by molar-refractivity contribution is 0.669. The highest BCUT2D eigenvalue weighted by Gasteiger charge is 2.22. The molecule has 0 saturated heterocycles. The van der Waals surface area contributed by atoms with Crippen LogP contribution in [0.15, 0.2) is 205 Å². The van der Waals surface area contributed by atoms with Crippen LogP contribution in [0, 0.1) is 0 Å². The number of hydrogen-bond donors (Lipinski definition) is 0. The number of rotatable bonds is 6. The van der Waals surface area contributed by atoms with E-state index in [9.17, 15) is 0 Å². The summed E-state index contributed by atoms with van der Waals surface area (Å²) in [7, 11) is 0. The van der Waals surface area contributed by atoms with Crippen molar-refractivity contribution in [3.05, 3.63) is 200 Å². The van der Waals surface area contributed by atoms with Crippen LogP contribution in [-0.2, 0) is 0 Å². The van der Waals surface area contributed by atoms with E-state index in [0.29, 0.717) is 0 Å². The standard InChI is InChI=1S/C52H33NOS/c1-3-14-34(15-4-1)37-30-38(36-26-29-50-46(33-36)43-20-9-11-24-49(43)54-50)32-39(31-37)53(48-23-13-22-45-44-21-10-12-25-51(44)55-52(45)48)47-28-27-40(35-16-5-2-6-17-35)41-18-7-8-19-42(41)47/h1-33H. The molecule has 0 spiro atoms. The molecule has 0 bridgehead atoms. The zero-order valence-electron chi connectivity index (χ0n) is 29.8. The van der Waals surface area contributed by atoms with Gasteiger partial charge in [-0.15, -0.1) is 11.3 Å². The minimum absolute atomic E-state index is 0.896. The summed E-state index contributed by atoms with van der Waals surface area (Å²) in [6.07, 6.45) is 0. The number of hydrogen-bond acceptors (Lipinski definition) is 3. The van der Waals surface area contributed by atoms with Gasteiger partial charge in [0.25, 0.3) is 0 Å². The summed E-state index contributed by atoms with van der Waals surface area (Å²) in [5.74, 6) is 0. The summed E-state index contributed by atoms with van der Waals surface area (Å²) in [5, 5.41) is 7.21. The van der Waals surface area contributed by atoms with Crippen LogP contribution in [0.4, 0.5) is 17.1 Å². The van der Waals surface area contributed by atoms with E-state index in [1.807, 2.05) is 23.5 Å². The van der Waals surface area contributed by atoms with Gasteiger partial charge >= 0.3 is 0 Å². The molecule has 2 nitrogen and oxygen atoms in total. The smallest absolute Gasteiger partial charge is 0.135 e. The van der Waals surface area contributed by atoms with Crippen LogP contribution in [0.2, 0.25) is 0 Å². The molecule has 0 saturated carbocycles. The number of para-hydroxylation sites is 1. The molecule has 0 radical (unpaired) electrons. The van der Waals surface area contributed by atoms with Crippen molar-refractivity contribution in [1.82, 2.24) is 0 Å². The van der Waals surface area contributed by atoms with Crippen LogP contribution in [0.3, 0.4) is 0 Å². The maximum atomic E-state index is 6.26. The first-order chi connectivity index (χ1) is 27.3. The van der Waals surface area contributed by atoms with Gasteiger partial charge in [0.05, 0.1) is 16.1 Å². The fourth-order valence-electron chi connectivity index (χ4n) is 8.27. The van der Waals surface area contributed by atoms with Crippen molar-refractivity contribution in [1.29, 1.82) is 0 Å². The first-order valence-corrected chi connectivity index (χ1v) is 19.5. The highest BCUT2D eigenvalue weighted by Crippen LogP contribution is 2.49. The molecule has 0 amide bonds. The Kier molecular flexibility index (Phi) is 7.39. The van der Waals surface area contributed by atoms with E-state index in [1.54, 1.807) is 0 Å². The summed E-state index contributed by atoms with van der Waals surface area (Å²) < 4.78 is 8.80. The van der Waals surface area contributed by atoms with Crippen LogP contribution in [0.25, 0.3) is 86.3 Å². The molecule has 2 heterocycles. The summed E-state index contributed by atoms with van der Waals surface area (Å²) in [6.45, 7) is 0. The van der Waals surface area contributed by atoms with Gasteiger partial charge in [0.15, 0.2) is 0 Å². The number of benzene rings is 9. The van der Waals surface area contributed by atoms with Crippen molar-refractivity contribution in [3.8, 4) is 33.4 Å². The van der Waals surface area contributed by atoms with Gasteiger partial charge < -0.3 is 9.32 Å². The Balaban J connectivity index is 1.21. The van der Waals surface area contributed by atoms with Gasteiger partial charge in [0.1, 0.15) is 11.2 Å². The normalized spacial score (nSPS) is 11.6. The molecule has 9 aromatic carbocycles. The molecule has 0 aliphatic carbocycles. The van der Waals surface area contributed by atoms with Gasteiger partial charge in [-0.25, -0.2) is 0 Å². The van der Waals surface area contributed by atoms with Crippen molar-refractivity contribution >= 4 is 81.3 Å². The Labute approximate surface area is 322 Å². The minimum atomic E-state index is 0.896. The minimum Gasteiger partial charge on any atom is -0.456 e. The van der Waals surface area contributed by atoms with Crippen LogP contribution >= 0.6 is 11.3 Å². The second-order valence-corrected chi connectivity index (χ2v) is 15.1. The summed E-state index contributed by atoms with van der Waals surface area (Å²) in [5.41, 5.74) is 12.2. The maximum Gasteiger partial charge on any atom is 0.135 e. The molecule has 2 aromatic heterocycles. The largest absolute Gasteiger partial charge is 0.456 e. The van der Waals surface area contributed by atoms with Crippen LogP contribution in [0.5, 0.6) is 0 Å². The molecule has 0 aliphatic rings. The zero-order valence-corrected chi connectivity index (χ0v) is 30.6. The Bertz CT molecular complexity index is 3210. The Hall–Kier alpha value is -6.94. The van der Waals surface area contributed by atoms with E-state index in [0.717, 1.165) is 55.7 Å². The fourth-order valence-corrected chi connectivity index (χ4v) is 9.48. The van der Waals surface area contributed by atoms with Gasteiger partial charge in [0.2, 0.25) is 0 Å². The predicted octanol–water partition coefficient (Wildman–Crippen LogP) is 15.6. The van der Waals surface area contributed by atoms with Gasteiger partial charge in [-0.3, -0.25) is 0 Å². The third-order valence-corrected chi connectivity index (χ3v) is 12.1. The second-order valence-electron chi connectivity index (χ2n) is 14.1. The van der Waals surface area contributed by atoms with Crippen molar-refractivity contribution in [2.75, 3.05) is 4.90 Å². The lowest BCUT2D eigenvalue weighted by Gasteiger charge is -2.29. The molecule has 0 N–H and O–H groups in total. The average Bonchev–Trinajstić information content (AvgIpc) is 3.83. The SMILES string of the molecule is c1ccc(-c2cc(-c3ccc4oc5ccccc5c4c3)cc(N(c3ccc(-c4ccccc4)c4ccccc34)c3cccc4c3sc3ccccc34)c2)cc1. The summed E-state index contributed by atoms with van der Waals surface area (Å²) in [6, 6.07) is 72.4. The highest BCUT2D eigenvalue weighted by molar-refractivity contribution is 7.26. The van der Waals surface area contributed by atoms with Gasteiger partial charge in [-0.2, -0.15) is 0 Å². The molecule has 3 heteroatoms. The molecule has 0 atom stereocenters. The number of nitrogens with zero attached hydrogens (tertiary/aromatic N) is 1. The van der Waals surface area contributed by atoms with E-state index < -0.39 is 0 Å². The molecule has 0 unspecified atom stereocenters. The molecule has 11 aromatic rings. The van der Waals surface area contributed by atoms with E-state index in [1.165, 1.54) is 47.6 Å². The first-order valence-electron chi connectivity index (χ1n) is 18.7. The van der Waals surface area contributed by atoms with Gasteiger partial charge in [0, 0.05) is 37.3 Å². The van der Waals surface area contributed by atoms with Crippen molar-refractivity contribution in [2.45, 2.75) is 0 Å². The van der Waals surface area contributed by atoms with Crippen molar-refractivity contribution in [2.24, 2.45) is 0 Å². The van der Waals surface area contributed by atoms with E-state index in [4.69, 9.17) is 4.42 Å². The monoisotopic (exact) mass is 719 g/mol. The molecular weight excluding hydrogens is 687 g/mol. The third-order valence-electron chi connectivity index (χ3n) is 10.8. The molecule has 258 valence electrons. The Morgan fingerprint density at radius 2 is 0.982 bits per heavy atom. The van der Waals surface area contributed by atoms with E-state index >= 15 is 0 Å². The summed E-state index contributed by atoms with van der Waals surface area (Å²) in [4.78, 5) is 2.50. The molecule has 11 rings (SSSR count). The average molecular weight is 720 g/mol. The lowest BCUT2D eigenvalue weighted by Crippen LogP contribution is -2.11. The van der Waals surface area contributed by atoms with E-state index in [-0.39, 0.29) is 0 Å². The quantitative estimate of drug-likeness (QED) is 0.170. The van der Waals surface area contributed by atoms with Crippen molar-refractivity contribution in [3.63, 3.8) is 0 Å². The lowest BCUT2D eigenvalue weighted by atomic mass is 9.94. The Morgan fingerprint density at radius 3 is 1.80 bits per heavy atom. The van der Waals surface area contributed by atoms with Crippen molar-refractivity contribution < 1.29 is 4.42 Å². The number of anilines is 3. The van der Waals surface area contributed by atoms with Gasteiger partial charge in [-0.05, 0) is 93.4 Å². The molecule has 0 aliphatic heterocycles. The summed E-state index contributed by atoms with van der Waals surface area (Å²) >= 11 is 1.86.